The predicted molar refractivity (Wildman–Crippen MR) is 121 cm³/mol. The third-order valence-electron chi connectivity index (χ3n) is 4.67. The quantitative estimate of drug-likeness (QED) is 0.265. The van der Waals surface area contributed by atoms with E-state index in [1.165, 1.54) is 11.5 Å². The molecule has 6 nitrogen and oxygen atoms in total. The van der Waals surface area contributed by atoms with Gasteiger partial charge in [0, 0.05) is 33.3 Å². The minimum absolute atomic E-state index is 0. The number of nitrogens with one attached hydrogen (secondary N) is 2. The molecule has 2 fully saturated rings. The van der Waals surface area contributed by atoms with Gasteiger partial charge in [0.2, 0.25) is 5.91 Å². The number of nitrogens with zero attached hydrogens (tertiary/aromatic N) is 2. The number of hydrogen-bond donors (Lipinski definition) is 2. The highest BCUT2D eigenvalue weighted by atomic mass is 127. The van der Waals surface area contributed by atoms with E-state index < -0.39 is 0 Å². The van der Waals surface area contributed by atoms with Gasteiger partial charge in [0.25, 0.3) is 0 Å². The number of amides is 1. The largest absolute Gasteiger partial charge is 0.375 e. The van der Waals surface area contributed by atoms with Gasteiger partial charge in [0.05, 0.1) is 5.60 Å². The molecule has 1 amide bonds. The zero-order valence-electron chi connectivity index (χ0n) is 16.2. The summed E-state index contributed by atoms with van der Waals surface area (Å²) >= 11 is 2.01. The van der Waals surface area contributed by atoms with Crippen molar-refractivity contribution in [3.05, 3.63) is 12.2 Å². The van der Waals surface area contributed by atoms with Gasteiger partial charge >= 0.3 is 0 Å². The molecule has 2 aliphatic heterocycles. The van der Waals surface area contributed by atoms with Crippen LogP contribution in [0, 0.1) is 0 Å². The molecule has 2 saturated heterocycles. The number of aliphatic imine (C=N–C) groups is 1. The Bertz CT molecular complexity index is 502. The lowest BCUT2D eigenvalue weighted by molar-refractivity contribution is -0.127. The zero-order chi connectivity index (χ0) is 18.3. The van der Waals surface area contributed by atoms with E-state index in [2.05, 4.69) is 22.2 Å². The first-order valence-electron chi connectivity index (χ1n) is 9.01. The first-order chi connectivity index (χ1) is 11.9. The van der Waals surface area contributed by atoms with Crippen LogP contribution in [-0.4, -0.2) is 73.7 Å². The number of guanidine groups is 1. The minimum Gasteiger partial charge on any atom is -0.375 e. The third kappa shape index (κ3) is 7.64. The van der Waals surface area contributed by atoms with Gasteiger partial charge < -0.3 is 20.3 Å². The summed E-state index contributed by atoms with van der Waals surface area (Å²) in [6.07, 6.45) is 4.22. The molecule has 0 aliphatic carbocycles. The van der Waals surface area contributed by atoms with Crippen molar-refractivity contribution >= 4 is 47.6 Å². The standard InChI is InChI=1S/C18H32N4O2S.HI/c1-14(2)12-19-17(20-13-16(23)22(3)4)21-15-5-8-24-18(11-15)6-9-25-10-7-18;/h15H,1,5-13H2,2-4H3,(H2,19,20,21);1H. The third-order valence-corrected chi connectivity index (χ3v) is 5.65. The van der Waals surface area contributed by atoms with Crippen LogP contribution in [0.25, 0.3) is 0 Å². The summed E-state index contributed by atoms with van der Waals surface area (Å²) in [6.45, 7) is 7.47. The molecule has 2 heterocycles. The SMILES string of the molecule is C=C(C)CNC(=NCC(=O)N(C)C)NC1CCOC2(CCSCC2)C1.I. The molecule has 2 N–H and O–H groups in total. The Labute approximate surface area is 179 Å². The summed E-state index contributed by atoms with van der Waals surface area (Å²) in [6, 6.07) is 0.322. The maximum absolute atomic E-state index is 11.8. The maximum Gasteiger partial charge on any atom is 0.243 e. The van der Waals surface area contributed by atoms with Gasteiger partial charge in [0.1, 0.15) is 6.54 Å². The number of halogens is 1. The van der Waals surface area contributed by atoms with Gasteiger partial charge in [-0.25, -0.2) is 4.99 Å². The monoisotopic (exact) mass is 496 g/mol. The van der Waals surface area contributed by atoms with E-state index in [-0.39, 0.29) is 42.0 Å². The summed E-state index contributed by atoms with van der Waals surface area (Å²) in [5, 5.41) is 6.79. The zero-order valence-corrected chi connectivity index (χ0v) is 19.3. The number of likely N-dealkylation sites (N-methyl/N-ethyl adjacent to an activating group) is 1. The van der Waals surface area contributed by atoms with E-state index in [0.717, 1.165) is 37.9 Å². The molecule has 0 aromatic carbocycles. The number of rotatable bonds is 5. The predicted octanol–water partition coefficient (Wildman–Crippen LogP) is 2.25. The molecule has 0 aromatic heterocycles. The number of thioether (sulfide) groups is 1. The summed E-state index contributed by atoms with van der Waals surface area (Å²) < 4.78 is 6.16. The first kappa shape index (κ1) is 23.6. The number of carbonyl (C=O) groups excluding carboxylic acids is 1. The number of hydrogen-bond acceptors (Lipinski definition) is 4. The average Bonchev–Trinajstić information content (AvgIpc) is 2.57. The van der Waals surface area contributed by atoms with E-state index in [1.54, 1.807) is 19.0 Å². The summed E-state index contributed by atoms with van der Waals surface area (Å²) in [5.41, 5.74) is 1.06. The lowest BCUT2D eigenvalue weighted by Gasteiger charge is -2.43. The van der Waals surface area contributed by atoms with Crippen molar-refractivity contribution in [2.24, 2.45) is 4.99 Å². The second-order valence-corrected chi connectivity index (χ2v) is 8.47. The van der Waals surface area contributed by atoms with Gasteiger partial charge in [-0.3, -0.25) is 4.79 Å². The highest BCUT2D eigenvalue weighted by Crippen LogP contribution is 2.37. The molecule has 0 saturated carbocycles. The van der Waals surface area contributed by atoms with Crippen LogP contribution < -0.4 is 10.6 Å². The lowest BCUT2D eigenvalue weighted by Crippen LogP contribution is -2.52. The van der Waals surface area contributed by atoms with Gasteiger partial charge in [-0.2, -0.15) is 11.8 Å². The second kappa shape index (κ2) is 11.4. The molecule has 26 heavy (non-hydrogen) atoms. The Balaban J connectivity index is 0.00000338. The number of carbonyl (C=O) groups is 1. The first-order valence-corrected chi connectivity index (χ1v) is 10.2. The second-order valence-electron chi connectivity index (χ2n) is 7.24. The molecular weight excluding hydrogens is 463 g/mol. The summed E-state index contributed by atoms with van der Waals surface area (Å²) in [5.74, 6) is 3.03. The molecule has 150 valence electrons. The molecule has 2 aliphatic rings. The average molecular weight is 496 g/mol. The van der Waals surface area contributed by atoms with Crippen LogP contribution in [0.4, 0.5) is 0 Å². The van der Waals surface area contributed by atoms with Crippen molar-refractivity contribution in [2.75, 3.05) is 45.3 Å². The Kier molecular flexibility index (Phi) is 10.3. The van der Waals surface area contributed by atoms with Crippen molar-refractivity contribution in [3.8, 4) is 0 Å². The molecule has 8 heteroatoms. The minimum atomic E-state index is -0.0100. The van der Waals surface area contributed by atoms with Crippen LogP contribution in [0.3, 0.4) is 0 Å². The highest BCUT2D eigenvalue weighted by molar-refractivity contribution is 14.0. The fourth-order valence-electron chi connectivity index (χ4n) is 3.11. The lowest BCUT2D eigenvalue weighted by atomic mass is 9.85. The normalized spacial score (nSPS) is 22.3. The van der Waals surface area contributed by atoms with Crippen molar-refractivity contribution in [1.82, 2.24) is 15.5 Å². The topological polar surface area (TPSA) is 66.0 Å². The van der Waals surface area contributed by atoms with Crippen LogP contribution in [0.5, 0.6) is 0 Å². The summed E-state index contributed by atoms with van der Waals surface area (Å²) in [4.78, 5) is 17.9. The molecule has 1 unspecified atom stereocenters. The molecule has 1 atom stereocenters. The van der Waals surface area contributed by atoms with Crippen LogP contribution in [-0.2, 0) is 9.53 Å². The van der Waals surface area contributed by atoms with E-state index in [4.69, 9.17) is 4.74 Å². The van der Waals surface area contributed by atoms with E-state index in [9.17, 15) is 4.79 Å². The van der Waals surface area contributed by atoms with Gasteiger partial charge in [-0.1, -0.05) is 12.2 Å². The fraction of sp³-hybridized carbons (Fsp3) is 0.778. The number of ether oxygens (including phenoxy) is 1. The van der Waals surface area contributed by atoms with Gasteiger partial charge in [0.15, 0.2) is 5.96 Å². The molecule has 0 bridgehead atoms. The van der Waals surface area contributed by atoms with Gasteiger partial charge in [-0.15, -0.1) is 24.0 Å². The van der Waals surface area contributed by atoms with E-state index >= 15 is 0 Å². The molecule has 1 spiro atoms. The van der Waals surface area contributed by atoms with Crippen LogP contribution >= 0.6 is 35.7 Å². The Morgan fingerprint density at radius 3 is 2.69 bits per heavy atom. The van der Waals surface area contributed by atoms with Crippen LogP contribution in [0.15, 0.2) is 17.1 Å². The Hall–Kier alpha value is -0.480. The van der Waals surface area contributed by atoms with Crippen molar-refractivity contribution in [3.63, 3.8) is 0 Å². The highest BCUT2D eigenvalue weighted by Gasteiger charge is 2.38. The van der Waals surface area contributed by atoms with Crippen molar-refractivity contribution in [1.29, 1.82) is 0 Å². The molecule has 0 aromatic rings. The fourth-order valence-corrected chi connectivity index (χ4v) is 4.35. The van der Waals surface area contributed by atoms with E-state index in [0.29, 0.717) is 18.5 Å². The molecule has 2 rings (SSSR count). The van der Waals surface area contributed by atoms with Crippen molar-refractivity contribution in [2.45, 2.75) is 44.2 Å². The van der Waals surface area contributed by atoms with Crippen molar-refractivity contribution < 1.29 is 9.53 Å². The van der Waals surface area contributed by atoms with E-state index in [1.807, 2.05) is 18.7 Å². The Morgan fingerprint density at radius 2 is 2.08 bits per heavy atom. The van der Waals surface area contributed by atoms with Crippen LogP contribution in [0.1, 0.15) is 32.6 Å². The molecule has 0 radical (unpaired) electrons. The molecular formula is C18H33IN4O2S. The Morgan fingerprint density at radius 1 is 1.38 bits per heavy atom. The maximum atomic E-state index is 11.8. The van der Waals surface area contributed by atoms with Crippen LogP contribution in [0.2, 0.25) is 0 Å². The summed E-state index contributed by atoms with van der Waals surface area (Å²) in [7, 11) is 3.49. The smallest absolute Gasteiger partial charge is 0.243 e. The van der Waals surface area contributed by atoms with Gasteiger partial charge in [-0.05, 0) is 44.1 Å².